The SMILES string of the molecule is CCC1CN(C)CCCN1CC(C)(NC)C(=O)OC. The molecule has 0 aliphatic carbocycles. The number of ether oxygens (including phenoxy) is 1. The van der Waals surface area contributed by atoms with Crippen molar-refractivity contribution in [1.29, 1.82) is 0 Å². The first-order valence-corrected chi connectivity index (χ1v) is 7.16. The number of methoxy groups -OCH3 is 1. The van der Waals surface area contributed by atoms with E-state index in [2.05, 4.69) is 29.1 Å². The molecule has 2 unspecified atom stereocenters. The van der Waals surface area contributed by atoms with Crippen LogP contribution in [0.4, 0.5) is 0 Å². The zero-order valence-electron chi connectivity index (χ0n) is 13.0. The fourth-order valence-corrected chi connectivity index (χ4v) is 2.77. The molecule has 0 radical (unpaired) electrons. The molecule has 1 aliphatic rings. The van der Waals surface area contributed by atoms with E-state index in [-0.39, 0.29) is 5.97 Å². The van der Waals surface area contributed by atoms with Crippen molar-refractivity contribution >= 4 is 5.97 Å². The number of carbonyl (C=O) groups is 1. The second-order valence-electron chi connectivity index (χ2n) is 5.72. The molecule has 0 aromatic heterocycles. The quantitative estimate of drug-likeness (QED) is 0.740. The van der Waals surface area contributed by atoms with Crippen LogP contribution in [0.2, 0.25) is 0 Å². The first-order chi connectivity index (χ1) is 8.96. The van der Waals surface area contributed by atoms with Gasteiger partial charge in [-0.3, -0.25) is 9.69 Å². The van der Waals surface area contributed by atoms with Gasteiger partial charge in [0.05, 0.1) is 7.11 Å². The minimum Gasteiger partial charge on any atom is -0.468 e. The molecular weight excluding hydrogens is 242 g/mol. The summed E-state index contributed by atoms with van der Waals surface area (Å²) in [5.41, 5.74) is -0.634. The molecule has 2 atom stereocenters. The van der Waals surface area contributed by atoms with Crippen LogP contribution in [0.5, 0.6) is 0 Å². The molecule has 0 amide bonds. The third kappa shape index (κ3) is 4.16. The zero-order valence-corrected chi connectivity index (χ0v) is 13.0. The molecule has 0 bridgehead atoms. The summed E-state index contributed by atoms with van der Waals surface area (Å²) in [6, 6.07) is 0.504. The Bertz CT molecular complexity index is 298. The second kappa shape index (κ2) is 7.22. The highest BCUT2D eigenvalue weighted by Crippen LogP contribution is 2.17. The van der Waals surface area contributed by atoms with Crippen molar-refractivity contribution in [3.8, 4) is 0 Å². The lowest BCUT2D eigenvalue weighted by molar-refractivity contribution is -0.148. The van der Waals surface area contributed by atoms with Crippen molar-refractivity contribution in [2.45, 2.75) is 38.3 Å². The lowest BCUT2D eigenvalue weighted by atomic mass is 10.0. The highest BCUT2D eigenvalue weighted by molar-refractivity contribution is 5.80. The van der Waals surface area contributed by atoms with Crippen molar-refractivity contribution in [2.24, 2.45) is 0 Å². The predicted molar refractivity (Wildman–Crippen MR) is 77.2 cm³/mol. The molecule has 0 saturated carbocycles. The Kier molecular flexibility index (Phi) is 6.23. The molecule has 112 valence electrons. The maximum Gasteiger partial charge on any atom is 0.327 e. The largest absolute Gasteiger partial charge is 0.468 e. The van der Waals surface area contributed by atoms with E-state index >= 15 is 0 Å². The topological polar surface area (TPSA) is 44.8 Å². The molecule has 5 heteroatoms. The average molecular weight is 271 g/mol. The fraction of sp³-hybridized carbons (Fsp3) is 0.929. The summed E-state index contributed by atoms with van der Waals surface area (Å²) in [6.45, 7) is 8.06. The van der Waals surface area contributed by atoms with E-state index in [1.54, 1.807) is 0 Å². The van der Waals surface area contributed by atoms with Gasteiger partial charge in [0, 0.05) is 19.1 Å². The highest BCUT2D eigenvalue weighted by Gasteiger charge is 2.36. The normalized spacial score (nSPS) is 25.6. The van der Waals surface area contributed by atoms with Gasteiger partial charge in [0.25, 0.3) is 0 Å². The number of hydrogen-bond donors (Lipinski definition) is 1. The third-order valence-electron chi connectivity index (χ3n) is 4.20. The maximum atomic E-state index is 12.0. The lowest BCUT2D eigenvalue weighted by Gasteiger charge is -2.37. The lowest BCUT2D eigenvalue weighted by Crippen LogP contribution is -2.58. The number of nitrogens with one attached hydrogen (secondary N) is 1. The van der Waals surface area contributed by atoms with Crippen LogP contribution in [0.25, 0.3) is 0 Å². The van der Waals surface area contributed by atoms with Gasteiger partial charge in [-0.25, -0.2) is 0 Å². The molecule has 0 aromatic carbocycles. The Morgan fingerprint density at radius 3 is 2.68 bits per heavy atom. The minimum absolute atomic E-state index is 0.192. The van der Waals surface area contributed by atoms with Gasteiger partial charge >= 0.3 is 5.97 Å². The molecule has 0 spiro atoms. The van der Waals surface area contributed by atoms with Crippen molar-refractivity contribution < 1.29 is 9.53 Å². The second-order valence-corrected chi connectivity index (χ2v) is 5.72. The predicted octanol–water partition coefficient (Wildman–Crippen LogP) is 0.554. The molecule has 1 fully saturated rings. The van der Waals surface area contributed by atoms with Crippen LogP contribution in [0.15, 0.2) is 0 Å². The molecule has 1 N–H and O–H groups in total. The maximum absolute atomic E-state index is 12.0. The molecule has 19 heavy (non-hydrogen) atoms. The molecule has 5 nitrogen and oxygen atoms in total. The Hall–Kier alpha value is -0.650. The van der Waals surface area contributed by atoms with E-state index in [1.165, 1.54) is 7.11 Å². The number of hydrogen-bond acceptors (Lipinski definition) is 5. The van der Waals surface area contributed by atoms with Crippen LogP contribution in [-0.2, 0) is 9.53 Å². The molecule has 1 saturated heterocycles. The number of nitrogens with zero attached hydrogens (tertiary/aromatic N) is 2. The number of likely N-dealkylation sites (N-methyl/N-ethyl adjacent to an activating group) is 2. The Labute approximate surface area is 117 Å². The van der Waals surface area contributed by atoms with Crippen molar-refractivity contribution in [3.63, 3.8) is 0 Å². The molecule has 1 rings (SSSR count). The Morgan fingerprint density at radius 2 is 2.16 bits per heavy atom. The van der Waals surface area contributed by atoms with E-state index in [0.29, 0.717) is 12.6 Å². The van der Waals surface area contributed by atoms with Gasteiger partial charge in [0.1, 0.15) is 5.54 Å². The minimum atomic E-state index is -0.634. The van der Waals surface area contributed by atoms with Crippen LogP contribution < -0.4 is 5.32 Å². The van der Waals surface area contributed by atoms with Crippen LogP contribution in [0.3, 0.4) is 0 Å². The summed E-state index contributed by atoms with van der Waals surface area (Å²) >= 11 is 0. The van der Waals surface area contributed by atoms with Gasteiger partial charge in [-0.05, 0) is 47.0 Å². The summed E-state index contributed by atoms with van der Waals surface area (Å²) in [4.78, 5) is 16.8. The fourth-order valence-electron chi connectivity index (χ4n) is 2.77. The van der Waals surface area contributed by atoms with Gasteiger partial charge in [-0.1, -0.05) is 6.92 Å². The zero-order chi connectivity index (χ0) is 14.5. The van der Waals surface area contributed by atoms with Gasteiger partial charge in [-0.2, -0.15) is 0 Å². The first-order valence-electron chi connectivity index (χ1n) is 7.16. The molecule has 0 aromatic rings. The van der Waals surface area contributed by atoms with Crippen LogP contribution in [-0.4, -0.2) is 74.7 Å². The van der Waals surface area contributed by atoms with E-state index in [0.717, 1.165) is 32.5 Å². The molecule has 1 aliphatic heterocycles. The van der Waals surface area contributed by atoms with E-state index < -0.39 is 5.54 Å². The van der Waals surface area contributed by atoms with Crippen LogP contribution in [0, 0.1) is 0 Å². The molecular formula is C14H29N3O2. The van der Waals surface area contributed by atoms with E-state index in [1.807, 2.05) is 14.0 Å². The average Bonchev–Trinajstić information content (AvgIpc) is 2.59. The first kappa shape index (κ1) is 16.4. The Morgan fingerprint density at radius 1 is 1.47 bits per heavy atom. The van der Waals surface area contributed by atoms with Crippen molar-refractivity contribution in [3.05, 3.63) is 0 Å². The van der Waals surface area contributed by atoms with E-state index in [4.69, 9.17) is 4.74 Å². The monoisotopic (exact) mass is 271 g/mol. The smallest absolute Gasteiger partial charge is 0.327 e. The number of rotatable bonds is 5. The standard InChI is InChI=1S/C14H29N3O2/c1-6-12-10-16(4)8-7-9-17(12)11-14(2,15-3)13(18)19-5/h12,15H,6-11H2,1-5H3. The summed E-state index contributed by atoms with van der Waals surface area (Å²) in [7, 11) is 5.44. The Balaban J connectivity index is 2.78. The van der Waals surface area contributed by atoms with Crippen LogP contribution in [0.1, 0.15) is 26.7 Å². The summed E-state index contributed by atoms with van der Waals surface area (Å²) in [6.07, 6.45) is 2.25. The summed E-state index contributed by atoms with van der Waals surface area (Å²) < 4.78 is 4.93. The van der Waals surface area contributed by atoms with Crippen LogP contribution >= 0.6 is 0 Å². The summed E-state index contributed by atoms with van der Waals surface area (Å²) in [5, 5.41) is 3.12. The van der Waals surface area contributed by atoms with Gasteiger partial charge in [0.15, 0.2) is 0 Å². The number of carbonyl (C=O) groups excluding carboxylic acids is 1. The summed E-state index contributed by atoms with van der Waals surface area (Å²) in [5.74, 6) is -0.192. The highest BCUT2D eigenvalue weighted by atomic mass is 16.5. The third-order valence-corrected chi connectivity index (χ3v) is 4.20. The van der Waals surface area contributed by atoms with Gasteiger partial charge < -0.3 is 15.0 Å². The number of esters is 1. The van der Waals surface area contributed by atoms with Gasteiger partial charge in [-0.15, -0.1) is 0 Å². The van der Waals surface area contributed by atoms with Crippen molar-refractivity contribution in [1.82, 2.24) is 15.1 Å². The van der Waals surface area contributed by atoms with Crippen molar-refractivity contribution in [2.75, 3.05) is 47.4 Å². The van der Waals surface area contributed by atoms with Gasteiger partial charge in [0.2, 0.25) is 0 Å². The van der Waals surface area contributed by atoms with E-state index in [9.17, 15) is 4.79 Å². The molecule has 1 heterocycles.